The summed E-state index contributed by atoms with van der Waals surface area (Å²) in [5.41, 5.74) is 4.57. The number of aryl methyl sites for hydroxylation is 2. The van der Waals surface area contributed by atoms with Gasteiger partial charge in [0.15, 0.2) is 5.76 Å². The summed E-state index contributed by atoms with van der Waals surface area (Å²) >= 11 is 0. The number of rotatable bonds is 9. The van der Waals surface area contributed by atoms with E-state index in [0.29, 0.717) is 12.4 Å². The Labute approximate surface area is 191 Å². The fraction of sp³-hybridized carbons (Fsp3) is 0.480. The molecule has 0 N–H and O–H groups in total. The van der Waals surface area contributed by atoms with Gasteiger partial charge in [0.2, 0.25) is 6.79 Å². The third kappa shape index (κ3) is 6.97. The van der Waals surface area contributed by atoms with Gasteiger partial charge in [-0.3, -0.25) is 9.67 Å². The highest BCUT2D eigenvalue weighted by Gasteiger charge is 2.19. The molecule has 0 atom stereocenters. The van der Waals surface area contributed by atoms with Crippen molar-refractivity contribution in [3.8, 4) is 0 Å². The van der Waals surface area contributed by atoms with Gasteiger partial charge in [-0.15, -0.1) is 0 Å². The van der Waals surface area contributed by atoms with E-state index in [0.717, 1.165) is 35.4 Å². The minimum absolute atomic E-state index is 0.0473. The second-order valence-electron chi connectivity index (χ2n) is 8.61. The lowest BCUT2D eigenvalue weighted by molar-refractivity contribution is -0.00597. The quantitative estimate of drug-likeness (QED) is 0.168. The van der Waals surface area contributed by atoms with Crippen LogP contribution in [-0.4, -0.2) is 42.6 Å². The zero-order chi connectivity index (χ0) is 23.7. The first-order valence-corrected chi connectivity index (χ1v) is 10.9. The maximum atomic E-state index is 11.8. The zero-order valence-electron chi connectivity index (χ0n) is 20.3. The molecule has 0 spiro atoms. The van der Waals surface area contributed by atoms with Gasteiger partial charge in [0.05, 0.1) is 12.3 Å². The van der Waals surface area contributed by atoms with Gasteiger partial charge >= 0.3 is 6.16 Å². The summed E-state index contributed by atoms with van der Waals surface area (Å²) in [6.07, 6.45) is 2.71. The van der Waals surface area contributed by atoms with Gasteiger partial charge in [0.1, 0.15) is 5.69 Å². The molecule has 0 aliphatic carbocycles. The summed E-state index contributed by atoms with van der Waals surface area (Å²) < 4.78 is 17.9. The molecule has 0 unspecified atom stereocenters. The molecular formula is C25H35N3O4. The highest BCUT2D eigenvalue weighted by atomic mass is 16.8. The topological polar surface area (TPSA) is 74.9 Å². The van der Waals surface area contributed by atoms with Crippen LogP contribution in [0.1, 0.15) is 63.1 Å². The molecule has 0 amide bonds. The monoisotopic (exact) mass is 441 g/mol. The van der Waals surface area contributed by atoms with Gasteiger partial charge < -0.3 is 14.2 Å². The molecule has 174 valence electrons. The van der Waals surface area contributed by atoms with E-state index >= 15 is 0 Å². The first-order chi connectivity index (χ1) is 15.2. The van der Waals surface area contributed by atoms with Crippen molar-refractivity contribution in [2.45, 2.75) is 52.9 Å². The van der Waals surface area contributed by atoms with Gasteiger partial charge in [0, 0.05) is 25.9 Å². The van der Waals surface area contributed by atoms with Crippen molar-refractivity contribution >= 4 is 23.7 Å². The molecule has 32 heavy (non-hydrogen) atoms. The minimum Gasteiger partial charge on any atom is -0.454 e. The van der Waals surface area contributed by atoms with Crippen LogP contribution in [0.2, 0.25) is 0 Å². The Kier molecular flexibility index (Phi) is 9.05. The molecule has 0 bridgehead atoms. The summed E-state index contributed by atoms with van der Waals surface area (Å²) in [4.78, 5) is 16.1. The van der Waals surface area contributed by atoms with Crippen molar-refractivity contribution in [1.29, 1.82) is 0 Å². The third-order valence-electron chi connectivity index (χ3n) is 4.90. The highest BCUT2D eigenvalue weighted by Crippen LogP contribution is 2.29. The maximum absolute atomic E-state index is 11.8. The normalized spacial score (nSPS) is 12.6. The first-order valence-electron chi connectivity index (χ1n) is 10.9. The van der Waals surface area contributed by atoms with Crippen LogP contribution in [0.25, 0.3) is 11.3 Å². The lowest BCUT2D eigenvalue weighted by Crippen LogP contribution is -2.13. The summed E-state index contributed by atoms with van der Waals surface area (Å²) in [5.74, 6) is 0.517. The van der Waals surface area contributed by atoms with Gasteiger partial charge in [-0.25, -0.2) is 4.79 Å². The van der Waals surface area contributed by atoms with E-state index in [1.807, 2.05) is 39.1 Å². The van der Waals surface area contributed by atoms with Crippen LogP contribution in [0.15, 0.2) is 35.3 Å². The fourth-order valence-corrected chi connectivity index (χ4v) is 3.13. The molecule has 0 saturated carbocycles. The largest absolute Gasteiger partial charge is 0.511 e. The Morgan fingerprint density at radius 3 is 2.38 bits per heavy atom. The van der Waals surface area contributed by atoms with Crippen LogP contribution in [-0.2, 0) is 26.7 Å². The molecule has 1 aromatic carbocycles. The van der Waals surface area contributed by atoms with Crippen molar-refractivity contribution in [3.63, 3.8) is 0 Å². The number of benzene rings is 1. The minimum atomic E-state index is -0.751. The van der Waals surface area contributed by atoms with Crippen LogP contribution >= 0.6 is 0 Å². The number of hydrogen-bond donors (Lipinski definition) is 0. The SMILES string of the molecule is CCCCOC(=O)OCO/C(=C(/C=N\C)c1ccc(C(C)(C)C)cc1)c1cc(C)nn1C. The van der Waals surface area contributed by atoms with Gasteiger partial charge in [-0.2, -0.15) is 5.10 Å². The van der Waals surface area contributed by atoms with Gasteiger partial charge in [-0.1, -0.05) is 58.4 Å². The molecule has 0 saturated heterocycles. The zero-order valence-corrected chi connectivity index (χ0v) is 20.3. The molecule has 0 radical (unpaired) electrons. The molecule has 7 nitrogen and oxygen atoms in total. The van der Waals surface area contributed by atoms with E-state index in [-0.39, 0.29) is 12.2 Å². The number of unbranched alkanes of at least 4 members (excludes halogenated alkanes) is 1. The molecule has 0 aliphatic rings. The Morgan fingerprint density at radius 2 is 1.84 bits per heavy atom. The van der Waals surface area contributed by atoms with Crippen LogP contribution in [0.3, 0.4) is 0 Å². The molecule has 0 aliphatic heterocycles. The second-order valence-corrected chi connectivity index (χ2v) is 8.61. The number of carbonyl (C=O) groups excluding carboxylic acids is 1. The maximum Gasteiger partial charge on any atom is 0.511 e. The van der Waals surface area contributed by atoms with E-state index in [9.17, 15) is 4.79 Å². The van der Waals surface area contributed by atoms with Gasteiger partial charge in [0.25, 0.3) is 0 Å². The number of aromatic nitrogens is 2. The molecule has 1 aromatic heterocycles. The Morgan fingerprint density at radius 1 is 1.16 bits per heavy atom. The fourth-order valence-electron chi connectivity index (χ4n) is 3.13. The molecule has 2 aromatic rings. The van der Waals surface area contributed by atoms with Crippen LogP contribution in [0, 0.1) is 6.92 Å². The van der Waals surface area contributed by atoms with Crippen LogP contribution < -0.4 is 0 Å². The van der Waals surface area contributed by atoms with Crippen LogP contribution in [0.4, 0.5) is 4.79 Å². The Hall–Kier alpha value is -3.09. The van der Waals surface area contributed by atoms with Crippen molar-refractivity contribution in [2.24, 2.45) is 12.0 Å². The smallest absolute Gasteiger partial charge is 0.454 e. The number of aliphatic imine (C=N–C) groups is 1. The van der Waals surface area contributed by atoms with Crippen molar-refractivity contribution in [3.05, 3.63) is 52.8 Å². The lowest BCUT2D eigenvalue weighted by Gasteiger charge is -2.20. The molecule has 1 heterocycles. The Bertz CT molecular complexity index is 951. The van der Waals surface area contributed by atoms with Crippen molar-refractivity contribution in [1.82, 2.24) is 9.78 Å². The average Bonchev–Trinajstić information content (AvgIpc) is 3.07. The van der Waals surface area contributed by atoms with E-state index in [2.05, 4.69) is 43.0 Å². The van der Waals surface area contributed by atoms with Gasteiger partial charge in [-0.05, 0) is 36.0 Å². The third-order valence-corrected chi connectivity index (χ3v) is 4.90. The lowest BCUT2D eigenvalue weighted by atomic mass is 9.86. The van der Waals surface area contributed by atoms with E-state index in [1.165, 1.54) is 5.56 Å². The standard InChI is InChI=1S/C25H35N3O4/c1-8-9-14-30-24(29)32-17-31-23(22-15-18(2)27-28(22)7)21(16-26-6)19-10-12-20(13-11-19)25(3,4)5/h10-13,15-16H,8-9,14,17H2,1-7H3/b23-21-,26-16-. The number of hydrogen-bond acceptors (Lipinski definition) is 6. The second kappa shape index (κ2) is 11.5. The van der Waals surface area contributed by atoms with E-state index in [4.69, 9.17) is 14.2 Å². The summed E-state index contributed by atoms with van der Waals surface area (Å²) in [6, 6.07) is 10.2. The van der Waals surface area contributed by atoms with Crippen molar-refractivity contribution in [2.75, 3.05) is 20.4 Å². The first kappa shape index (κ1) is 25.2. The van der Waals surface area contributed by atoms with Crippen LogP contribution in [0.5, 0.6) is 0 Å². The molecule has 7 heteroatoms. The number of carbonyl (C=O) groups is 1. The summed E-state index contributed by atoms with van der Waals surface area (Å²) in [7, 11) is 3.55. The highest BCUT2D eigenvalue weighted by molar-refractivity contribution is 6.18. The van der Waals surface area contributed by atoms with E-state index < -0.39 is 6.16 Å². The average molecular weight is 442 g/mol. The Balaban J connectivity index is 2.39. The summed E-state index contributed by atoms with van der Waals surface area (Å²) in [5, 5.41) is 4.43. The molecule has 2 rings (SSSR count). The number of nitrogens with zero attached hydrogens (tertiary/aromatic N) is 3. The predicted octanol–water partition coefficient (Wildman–Crippen LogP) is 5.52. The number of allylic oxidation sites excluding steroid dienone is 1. The predicted molar refractivity (Wildman–Crippen MR) is 128 cm³/mol. The molecule has 0 fully saturated rings. The van der Waals surface area contributed by atoms with E-state index in [1.54, 1.807) is 17.9 Å². The van der Waals surface area contributed by atoms with Crippen molar-refractivity contribution < 1.29 is 19.0 Å². The number of ether oxygens (including phenoxy) is 3. The summed E-state index contributed by atoms with van der Waals surface area (Å²) in [6.45, 7) is 10.5. The molecular weight excluding hydrogens is 406 g/mol.